The van der Waals surface area contributed by atoms with Crippen LogP contribution >= 0.6 is 11.3 Å². The number of piperazine rings is 1. The third kappa shape index (κ3) is 4.22. The molecule has 0 radical (unpaired) electrons. The minimum atomic E-state index is -0.121. The van der Waals surface area contributed by atoms with Crippen molar-refractivity contribution in [2.24, 2.45) is 0 Å². The van der Waals surface area contributed by atoms with Crippen LogP contribution in [0.1, 0.15) is 27.2 Å². The van der Waals surface area contributed by atoms with Crippen molar-refractivity contribution >= 4 is 39.2 Å². The maximum absolute atomic E-state index is 13.0. The van der Waals surface area contributed by atoms with E-state index in [4.69, 9.17) is 0 Å². The fraction of sp³-hybridized carbons (Fsp3) is 0.333. The first-order chi connectivity index (χ1) is 14.1. The van der Waals surface area contributed by atoms with Crippen molar-refractivity contribution in [3.8, 4) is 0 Å². The van der Waals surface area contributed by atoms with Crippen LogP contribution in [-0.4, -0.2) is 52.9 Å². The van der Waals surface area contributed by atoms with Gasteiger partial charge in [0, 0.05) is 19.6 Å². The highest BCUT2D eigenvalue weighted by atomic mass is 32.1. The van der Waals surface area contributed by atoms with Gasteiger partial charge in [-0.25, -0.2) is 9.97 Å². The summed E-state index contributed by atoms with van der Waals surface area (Å²) in [6, 6.07) is 10.4. The molecule has 150 valence electrons. The zero-order valence-corrected chi connectivity index (χ0v) is 17.1. The highest BCUT2D eigenvalue weighted by Crippen LogP contribution is 2.34. The second kappa shape index (κ2) is 8.57. The molecule has 0 unspecified atom stereocenters. The van der Waals surface area contributed by atoms with Crippen LogP contribution in [0.2, 0.25) is 0 Å². The van der Waals surface area contributed by atoms with Crippen LogP contribution in [0.4, 0.5) is 5.82 Å². The van der Waals surface area contributed by atoms with E-state index in [9.17, 15) is 9.59 Å². The van der Waals surface area contributed by atoms with Gasteiger partial charge in [0.1, 0.15) is 17.0 Å². The van der Waals surface area contributed by atoms with Gasteiger partial charge in [-0.2, -0.15) is 0 Å². The number of hydrogen-bond acceptors (Lipinski definition) is 6. The smallest absolute Gasteiger partial charge is 0.264 e. The summed E-state index contributed by atoms with van der Waals surface area (Å²) < 4.78 is 0. The molecule has 0 saturated carbocycles. The molecule has 0 spiro atoms. The van der Waals surface area contributed by atoms with Crippen LogP contribution in [0.25, 0.3) is 10.2 Å². The Kier molecular flexibility index (Phi) is 5.71. The molecule has 1 saturated heterocycles. The predicted molar refractivity (Wildman–Crippen MR) is 114 cm³/mol. The van der Waals surface area contributed by atoms with Gasteiger partial charge in [0.25, 0.3) is 5.91 Å². The minimum Gasteiger partial charge on any atom is -0.369 e. The van der Waals surface area contributed by atoms with Crippen molar-refractivity contribution in [3.63, 3.8) is 0 Å². The van der Waals surface area contributed by atoms with E-state index in [1.165, 1.54) is 23.2 Å². The molecule has 0 bridgehead atoms. The molecule has 1 aliphatic rings. The zero-order chi connectivity index (χ0) is 20.2. The van der Waals surface area contributed by atoms with Gasteiger partial charge < -0.3 is 15.5 Å². The number of fused-ring (bicyclic) bond motifs is 1. The largest absolute Gasteiger partial charge is 0.369 e. The molecule has 8 heteroatoms. The van der Waals surface area contributed by atoms with Crippen molar-refractivity contribution in [1.82, 2.24) is 20.2 Å². The molecule has 2 amide bonds. The number of thiophene rings is 1. The summed E-state index contributed by atoms with van der Waals surface area (Å²) in [4.78, 5) is 36.4. The lowest BCUT2D eigenvalue weighted by molar-refractivity contribution is -0.123. The maximum Gasteiger partial charge on any atom is 0.264 e. The van der Waals surface area contributed by atoms with Gasteiger partial charge in [0.15, 0.2) is 0 Å². The number of carbonyl (C=O) groups excluding carboxylic acids is 2. The average Bonchev–Trinajstić information content (AvgIpc) is 3.09. The highest BCUT2D eigenvalue weighted by Gasteiger charge is 2.26. The van der Waals surface area contributed by atoms with E-state index >= 15 is 0 Å². The van der Waals surface area contributed by atoms with E-state index in [2.05, 4.69) is 44.9 Å². The third-order valence-corrected chi connectivity index (χ3v) is 6.21. The number of carbonyl (C=O) groups is 2. The monoisotopic (exact) mass is 409 g/mol. The number of hydrogen-bond donors (Lipinski definition) is 2. The number of amides is 2. The minimum absolute atomic E-state index is 0.1000. The molecule has 7 nitrogen and oxygen atoms in total. The molecule has 3 aromatic rings. The van der Waals surface area contributed by atoms with Crippen molar-refractivity contribution < 1.29 is 9.59 Å². The topological polar surface area (TPSA) is 87.2 Å². The first-order valence-electron chi connectivity index (χ1n) is 9.71. The maximum atomic E-state index is 13.0. The number of aryl methyl sites for hydroxylation is 2. The average molecular weight is 410 g/mol. The summed E-state index contributed by atoms with van der Waals surface area (Å²) in [5.74, 6) is 0.520. The van der Waals surface area contributed by atoms with Gasteiger partial charge in [-0.15, -0.1) is 11.3 Å². The number of benzene rings is 1. The molecule has 0 atom stereocenters. The number of aromatic nitrogens is 2. The second-order valence-electron chi connectivity index (χ2n) is 7.05. The Labute approximate surface area is 173 Å². The van der Waals surface area contributed by atoms with E-state index in [0.717, 1.165) is 41.0 Å². The van der Waals surface area contributed by atoms with Gasteiger partial charge in [-0.3, -0.25) is 9.59 Å². The summed E-state index contributed by atoms with van der Waals surface area (Å²) in [5.41, 5.74) is 2.18. The first-order valence-corrected chi connectivity index (χ1v) is 10.5. The highest BCUT2D eigenvalue weighted by molar-refractivity contribution is 7.20. The molecule has 4 rings (SSSR count). The Hall–Kier alpha value is -3.00. The van der Waals surface area contributed by atoms with Crippen molar-refractivity contribution in [3.05, 3.63) is 52.7 Å². The number of nitrogens with one attached hydrogen (secondary N) is 2. The van der Waals surface area contributed by atoms with Crippen LogP contribution < -0.4 is 10.6 Å². The lowest BCUT2D eigenvalue weighted by Gasteiger charge is -2.26. The Balaban J connectivity index is 1.49. The Morgan fingerprint density at radius 1 is 1.28 bits per heavy atom. The zero-order valence-electron chi connectivity index (χ0n) is 16.3. The van der Waals surface area contributed by atoms with Crippen molar-refractivity contribution in [1.29, 1.82) is 0 Å². The Morgan fingerprint density at radius 2 is 2.10 bits per heavy atom. The molecular formula is C21H23N5O2S. The van der Waals surface area contributed by atoms with Crippen LogP contribution in [0.5, 0.6) is 0 Å². The molecule has 29 heavy (non-hydrogen) atoms. The summed E-state index contributed by atoms with van der Waals surface area (Å²) in [7, 11) is 0. The number of anilines is 1. The van der Waals surface area contributed by atoms with Crippen LogP contribution in [-0.2, 0) is 11.2 Å². The van der Waals surface area contributed by atoms with E-state index in [0.29, 0.717) is 18.0 Å². The lowest BCUT2D eigenvalue weighted by Crippen LogP contribution is -2.49. The predicted octanol–water partition coefficient (Wildman–Crippen LogP) is 2.62. The fourth-order valence-electron chi connectivity index (χ4n) is 3.51. The van der Waals surface area contributed by atoms with Crippen molar-refractivity contribution in [2.45, 2.75) is 19.8 Å². The lowest BCUT2D eigenvalue weighted by atomic mass is 10.1. The molecule has 1 aliphatic heterocycles. The third-order valence-electron chi connectivity index (χ3n) is 5.02. The van der Waals surface area contributed by atoms with E-state index in [1.54, 1.807) is 4.90 Å². The second-order valence-corrected chi connectivity index (χ2v) is 8.05. The van der Waals surface area contributed by atoms with Gasteiger partial charge in [0.05, 0.1) is 16.8 Å². The van der Waals surface area contributed by atoms with Crippen LogP contribution in [0.15, 0.2) is 36.7 Å². The molecule has 3 heterocycles. The van der Waals surface area contributed by atoms with Crippen LogP contribution in [0.3, 0.4) is 0 Å². The summed E-state index contributed by atoms with van der Waals surface area (Å²) in [6.07, 6.45) is 3.50. The Bertz CT molecular complexity index is 1030. The molecular weight excluding hydrogens is 386 g/mol. The summed E-state index contributed by atoms with van der Waals surface area (Å²) in [5, 5.41) is 7.04. The van der Waals surface area contributed by atoms with E-state index in [1.807, 2.05) is 13.0 Å². The fourth-order valence-corrected chi connectivity index (χ4v) is 4.63. The summed E-state index contributed by atoms with van der Waals surface area (Å²) in [6.45, 7) is 3.82. The first kappa shape index (κ1) is 19.3. The number of nitrogens with zero attached hydrogens (tertiary/aromatic N) is 3. The van der Waals surface area contributed by atoms with Gasteiger partial charge >= 0.3 is 0 Å². The molecule has 0 aliphatic carbocycles. The van der Waals surface area contributed by atoms with Crippen molar-refractivity contribution in [2.75, 3.05) is 31.5 Å². The van der Waals surface area contributed by atoms with Crippen LogP contribution in [0, 0.1) is 6.92 Å². The molecule has 1 fully saturated rings. The molecule has 1 aromatic carbocycles. The number of rotatable bonds is 6. The molecule has 2 N–H and O–H groups in total. The van der Waals surface area contributed by atoms with Gasteiger partial charge in [-0.1, -0.05) is 30.3 Å². The quantitative estimate of drug-likeness (QED) is 0.611. The SMILES string of the molecule is Cc1c(C(=O)N2CCNC(=O)C2)sc2ncnc(NCCCc3ccccc3)c12. The normalized spacial score (nSPS) is 14.1. The standard InChI is InChI=1S/C21H23N5O2S/c1-14-17-19(23-9-5-8-15-6-3-2-4-7-15)24-13-25-20(17)29-18(14)21(28)26-11-10-22-16(27)12-26/h2-4,6-7,13H,5,8-12H2,1H3,(H,22,27)(H,23,24,25). The van der Waals surface area contributed by atoms with Gasteiger partial charge in [-0.05, 0) is 30.9 Å². The van der Waals surface area contributed by atoms with E-state index in [-0.39, 0.29) is 18.4 Å². The van der Waals surface area contributed by atoms with E-state index < -0.39 is 0 Å². The van der Waals surface area contributed by atoms with Gasteiger partial charge in [0.2, 0.25) is 5.91 Å². The Morgan fingerprint density at radius 3 is 2.90 bits per heavy atom. The molecule has 2 aromatic heterocycles. The summed E-state index contributed by atoms with van der Waals surface area (Å²) >= 11 is 1.36.